The summed E-state index contributed by atoms with van der Waals surface area (Å²) in [6.07, 6.45) is 0. The minimum atomic E-state index is -0.461. The van der Waals surface area contributed by atoms with Gasteiger partial charge in [-0.15, -0.1) is 0 Å². The molecule has 1 aromatic carbocycles. The second kappa shape index (κ2) is 8.79. The largest absolute Gasteiger partial charge is 0.376 e. The Kier molecular flexibility index (Phi) is 8.61. The zero-order chi connectivity index (χ0) is 12.6. The number of carbonyl (C=O) groups excluding carboxylic acids is 1. The fourth-order valence-electron chi connectivity index (χ4n) is 0.780. The zero-order valence-corrected chi connectivity index (χ0v) is 10.9. The van der Waals surface area contributed by atoms with Gasteiger partial charge in [-0.3, -0.25) is 4.79 Å². The third kappa shape index (κ3) is 7.04. The molecule has 0 heterocycles. The predicted octanol–water partition coefficient (Wildman–Crippen LogP) is 2.85. The lowest BCUT2D eigenvalue weighted by Gasteiger charge is -1.97. The molecule has 0 saturated carbocycles. The van der Waals surface area contributed by atoms with Crippen LogP contribution in [0.4, 0.5) is 0 Å². The maximum Gasteiger partial charge on any atom is 0.247 e. The van der Waals surface area contributed by atoms with Crippen molar-refractivity contribution in [2.24, 2.45) is 5.73 Å². The Morgan fingerprint density at radius 3 is 2.31 bits per heavy atom. The van der Waals surface area contributed by atoms with E-state index in [1.165, 1.54) is 7.11 Å². The molecular weight excluding hydrogens is 272 g/mol. The number of rotatable bonds is 3. The summed E-state index contributed by atoms with van der Waals surface area (Å²) in [4.78, 5) is 9.68. The Morgan fingerprint density at radius 1 is 1.38 bits per heavy atom. The van der Waals surface area contributed by atoms with Crippen molar-refractivity contribution in [3.05, 3.63) is 33.8 Å². The van der Waals surface area contributed by atoms with Gasteiger partial charge in [0, 0.05) is 13.7 Å². The number of carbonyl (C=O) groups is 1. The molecule has 0 aromatic heterocycles. The summed E-state index contributed by atoms with van der Waals surface area (Å²) in [7, 11) is 1.42. The molecule has 1 aromatic rings. The van der Waals surface area contributed by atoms with Crippen LogP contribution < -0.4 is 5.73 Å². The lowest BCUT2D eigenvalue weighted by molar-refractivity contribution is -0.114. The Bertz CT molecular complexity index is 345. The SMILES string of the molecule is COCC(=O)Cl.NCc1ccc(Cl)c(Cl)c1. The van der Waals surface area contributed by atoms with Gasteiger partial charge in [0.1, 0.15) is 6.61 Å². The van der Waals surface area contributed by atoms with Gasteiger partial charge >= 0.3 is 0 Å². The average Bonchev–Trinajstić information content (AvgIpc) is 2.23. The fraction of sp³-hybridized carbons (Fsp3) is 0.300. The van der Waals surface area contributed by atoms with Crippen LogP contribution in [0.25, 0.3) is 0 Å². The topological polar surface area (TPSA) is 52.3 Å². The van der Waals surface area contributed by atoms with Crippen LogP contribution in [-0.4, -0.2) is 19.0 Å². The Labute approximate surface area is 109 Å². The molecule has 0 radical (unpaired) electrons. The number of ether oxygens (including phenoxy) is 1. The van der Waals surface area contributed by atoms with E-state index in [1.807, 2.05) is 6.07 Å². The molecular formula is C10H12Cl3NO2. The summed E-state index contributed by atoms with van der Waals surface area (Å²) in [6.45, 7) is 0.498. The molecule has 90 valence electrons. The first-order chi connectivity index (χ1) is 7.51. The smallest absolute Gasteiger partial charge is 0.247 e. The van der Waals surface area contributed by atoms with Gasteiger partial charge in [-0.25, -0.2) is 0 Å². The first-order valence-electron chi connectivity index (χ1n) is 4.32. The minimum Gasteiger partial charge on any atom is -0.376 e. The predicted molar refractivity (Wildman–Crippen MR) is 67.1 cm³/mol. The van der Waals surface area contributed by atoms with Crippen molar-refractivity contribution < 1.29 is 9.53 Å². The van der Waals surface area contributed by atoms with Crippen LogP contribution in [-0.2, 0) is 16.1 Å². The number of hydrogen-bond acceptors (Lipinski definition) is 3. The minimum absolute atomic E-state index is 0.00154. The maximum absolute atomic E-state index is 9.68. The Hall–Kier alpha value is -0.320. The van der Waals surface area contributed by atoms with Crippen LogP contribution in [0.1, 0.15) is 5.56 Å². The highest BCUT2D eigenvalue weighted by atomic mass is 35.5. The number of benzene rings is 1. The van der Waals surface area contributed by atoms with Crippen LogP contribution in [0.2, 0.25) is 10.0 Å². The first kappa shape index (κ1) is 15.7. The van der Waals surface area contributed by atoms with Crippen molar-refractivity contribution in [3.63, 3.8) is 0 Å². The number of nitrogens with two attached hydrogens (primary N) is 1. The third-order valence-electron chi connectivity index (χ3n) is 1.48. The van der Waals surface area contributed by atoms with Crippen LogP contribution >= 0.6 is 34.8 Å². The molecule has 2 N–H and O–H groups in total. The number of methoxy groups -OCH3 is 1. The Morgan fingerprint density at radius 2 is 2.00 bits per heavy atom. The molecule has 0 saturated heterocycles. The van der Waals surface area contributed by atoms with E-state index in [-0.39, 0.29) is 6.61 Å². The third-order valence-corrected chi connectivity index (χ3v) is 2.33. The monoisotopic (exact) mass is 283 g/mol. The molecule has 0 aliphatic heterocycles. The van der Waals surface area contributed by atoms with E-state index in [4.69, 9.17) is 40.5 Å². The van der Waals surface area contributed by atoms with Crippen LogP contribution in [0.3, 0.4) is 0 Å². The van der Waals surface area contributed by atoms with E-state index in [9.17, 15) is 4.79 Å². The van der Waals surface area contributed by atoms with Crippen molar-refractivity contribution >= 4 is 40.0 Å². The van der Waals surface area contributed by atoms with E-state index in [2.05, 4.69) is 4.74 Å². The summed E-state index contributed by atoms with van der Waals surface area (Å²) >= 11 is 16.2. The molecule has 0 amide bonds. The van der Waals surface area contributed by atoms with E-state index in [0.29, 0.717) is 16.6 Å². The molecule has 3 nitrogen and oxygen atoms in total. The standard InChI is InChI=1S/C7H7Cl2N.C3H5ClO2/c8-6-2-1-5(4-10)3-7(6)9;1-6-2-3(4)5/h1-3H,4,10H2;2H2,1H3. The van der Waals surface area contributed by atoms with Crippen LogP contribution in [0, 0.1) is 0 Å². The molecule has 0 atom stereocenters. The van der Waals surface area contributed by atoms with Crippen molar-refractivity contribution in [3.8, 4) is 0 Å². The summed E-state index contributed by atoms with van der Waals surface area (Å²) in [5, 5.41) is 0.668. The van der Waals surface area contributed by atoms with Crippen molar-refractivity contribution in [1.29, 1.82) is 0 Å². The highest BCUT2D eigenvalue weighted by Crippen LogP contribution is 2.21. The van der Waals surface area contributed by atoms with Crippen LogP contribution in [0.5, 0.6) is 0 Å². The quantitative estimate of drug-likeness (QED) is 0.868. The first-order valence-corrected chi connectivity index (χ1v) is 5.46. The van der Waals surface area contributed by atoms with E-state index < -0.39 is 5.24 Å². The lowest BCUT2D eigenvalue weighted by Crippen LogP contribution is -1.95. The van der Waals surface area contributed by atoms with Crippen molar-refractivity contribution in [2.75, 3.05) is 13.7 Å². The van der Waals surface area contributed by atoms with E-state index in [0.717, 1.165) is 5.56 Å². The molecule has 0 aliphatic rings. The summed E-state index contributed by atoms with van der Waals surface area (Å²) < 4.78 is 4.32. The molecule has 0 unspecified atom stereocenters. The summed E-state index contributed by atoms with van der Waals surface area (Å²) in [5.74, 6) is 0. The molecule has 0 bridgehead atoms. The second-order valence-electron chi connectivity index (χ2n) is 2.74. The molecule has 0 aliphatic carbocycles. The van der Waals surface area contributed by atoms with Gasteiger partial charge in [-0.2, -0.15) is 0 Å². The summed E-state index contributed by atoms with van der Waals surface area (Å²) in [6, 6.07) is 5.37. The van der Waals surface area contributed by atoms with Gasteiger partial charge in [-0.05, 0) is 29.3 Å². The zero-order valence-electron chi connectivity index (χ0n) is 8.67. The van der Waals surface area contributed by atoms with E-state index in [1.54, 1.807) is 12.1 Å². The maximum atomic E-state index is 9.68. The van der Waals surface area contributed by atoms with Gasteiger partial charge < -0.3 is 10.5 Å². The normalized spacial score (nSPS) is 9.31. The Balaban J connectivity index is 0.000000325. The van der Waals surface area contributed by atoms with E-state index >= 15 is 0 Å². The van der Waals surface area contributed by atoms with Crippen molar-refractivity contribution in [2.45, 2.75) is 6.54 Å². The van der Waals surface area contributed by atoms with Crippen molar-refractivity contribution in [1.82, 2.24) is 0 Å². The van der Waals surface area contributed by atoms with Gasteiger partial charge in [0.2, 0.25) is 5.24 Å². The van der Waals surface area contributed by atoms with Gasteiger partial charge in [0.05, 0.1) is 10.0 Å². The molecule has 16 heavy (non-hydrogen) atoms. The van der Waals surface area contributed by atoms with Gasteiger partial charge in [0.15, 0.2) is 0 Å². The number of hydrogen-bond donors (Lipinski definition) is 1. The molecule has 1 rings (SSSR count). The lowest BCUT2D eigenvalue weighted by atomic mass is 10.2. The number of halogens is 3. The van der Waals surface area contributed by atoms with Crippen LogP contribution in [0.15, 0.2) is 18.2 Å². The second-order valence-corrected chi connectivity index (χ2v) is 3.98. The fourth-order valence-corrected chi connectivity index (χ4v) is 1.21. The highest BCUT2D eigenvalue weighted by Gasteiger charge is 1.96. The molecule has 0 spiro atoms. The summed E-state index contributed by atoms with van der Waals surface area (Å²) in [5.41, 5.74) is 6.36. The van der Waals surface area contributed by atoms with Gasteiger partial charge in [0.25, 0.3) is 0 Å². The van der Waals surface area contributed by atoms with Gasteiger partial charge in [-0.1, -0.05) is 29.3 Å². The molecule has 0 fully saturated rings. The average molecular weight is 285 g/mol. The molecule has 6 heteroatoms. The highest BCUT2D eigenvalue weighted by molar-refractivity contribution is 6.63.